The van der Waals surface area contributed by atoms with Crippen molar-refractivity contribution in [2.75, 3.05) is 72.1 Å². The second-order valence-corrected chi connectivity index (χ2v) is 8.79. The van der Waals surface area contributed by atoms with Gasteiger partial charge in [-0.25, -0.2) is 0 Å². The molecule has 3 aliphatic heterocycles. The van der Waals surface area contributed by atoms with Crippen molar-refractivity contribution in [2.45, 2.75) is 18.9 Å². The number of carbonyl (C=O) groups excluding carboxylic acids is 2. The van der Waals surface area contributed by atoms with Gasteiger partial charge >= 0.3 is 0 Å². The topological polar surface area (TPSA) is 56.3 Å². The van der Waals surface area contributed by atoms with Crippen LogP contribution in [0.4, 0.5) is 0 Å². The number of amides is 2. The van der Waals surface area contributed by atoms with E-state index in [4.69, 9.17) is 4.74 Å². The lowest BCUT2D eigenvalue weighted by atomic mass is 10.2. The van der Waals surface area contributed by atoms with Crippen LogP contribution in [0.1, 0.15) is 23.8 Å². The summed E-state index contributed by atoms with van der Waals surface area (Å²) >= 11 is 1.74. The van der Waals surface area contributed by atoms with Crippen molar-refractivity contribution in [1.82, 2.24) is 19.6 Å². The van der Waals surface area contributed by atoms with Crippen LogP contribution < -0.4 is 0 Å². The third kappa shape index (κ3) is 4.74. The van der Waals surface area contributed by atoms with Gasteiger partial charge in [0.15, 0.2) is 0 Å². The van der Waals surface area contributed by atoms with Crippen molar-refractivity contribution < 1.29 is 14.3 Å². The Morgan fingerprint density at radius 2 is 1.68 bits per heavy atom. The van der Waals surface area contributed by atoms with Crippen LogP contribution in [0.25, 0.3) is 0 Å². The summed E-state index contributed by atoms with van der Waals surface area (Å²) in [5.74, 6) is 0.425. The molecule has 154 valence electrons. The fourth-order valence-electron chi connectivity index (χ4n) is 4.33. The second-order valence-electron chi connectivity index (χ2n) is 7.81. The first-order chi connectivity index (χ1) is 13.7. The Bertz CT molecular complexity index is 654. The Kier molecular flexibility index (Phi) is 6.61. The van der Waals surface area contributed by atoms with E-state index in [2.05, 4.69) is 32.2 Å². The standard InChI is InChI=1S/C20H30N4O3S/c25-19(15-22-10-12-27-13-11-22)23-8-6-21(7-9-23)16-20(26)24-5-1-3-17(24)18-4-2-14-28-18/h2,4,14,17H,1,3,5-13,15-16H2. The van der Waals surface area contributed by atoms with E-state index in [1.165, 1.54) is 4.88 Å². The van der Waals surface area contributed by atoms with Gasteiger partial charge in [-0.3, -0.25) is 19.4 Å². The smallest absolute Gasteiger partial charge is 0.237 e. The minimum absolute atomic E-state index is 0.199. The van der Waals surface area contributed by atoms with Gasteiger partial charge in [0, 0.05) is 50.7 Å². The SMILES string of the molecule is O=C(CN1CCOCC1)N1CCN(CC(=O)N2CCCC2c2cccs2)CC1. The third-order valence-corrected chi connectivity index (χ3v) is 6.96. The molecule has 0 aromatic carbocycles. The first-order valence-corrected chi connectivity index (χ1v) is 11.2. The van der Waals surface area contributed by atoms with Crippen molar-refractivity contribution in [3.05, 3.63) is 22.4 Å². The van der Waals surface area contributed by atoms with Crippen LogP contribution in [0.2, 0.25) is 0 Å². The molecule has 3 saturated heterocycles. The molecular weight excluding hydrogens is 376 g/mol. The van der Waals surface area contributed by atoms with Gasteiger partial charge in [-0.1, -0.05) is 6.07 Å². The van der Waals surface area contributed by atoms with Crippen LogP contribution in [0.3, 0.4) is 0 Å². The Labute approximate surface area is 170 Å². The van der Waals surface area contributed by atoms with Gasteiger partial charge in [0.05, 0.1) is 32.3 Å². The largest absolute Gasteiger partial charge is 0.379 e. The number of hydrogen-bond donors (Lipinski definition) is 0. The highest BCUT2D eigenvalue weighted by molar-refractivity contribution is 7.10. The molecule has 0 aliphatic carbocycles. The highest BCUT2D eigenvalue weighted by atomic mass is 32.1. The molecule has 0 bridgehead atoms. The predicted octanol–water partition coefficient (Wildman–Crippen LogP) is 0.888. The molecule has 7 nitrogen and oxygen atoms in total. The second kappa shape index (κ2) is 9.35. The molecule has 1 atom stereocenters. The summed E-state index contributed by atoms with van der Waals surface area (Å²) in [4.78, 5) is 35.1. The molecule has 0 radical (unpaired) electrons. The van der Waals surface area contributed by atoms with Crippen molar-refractivity contribution in [3.8, 4) is 0 Å². The van der Waals surface area contributed by atoms with Crippen LogP contribution in [-0.2, 0) is 14.3 Å². The number of carbonyl (C=O) groups is 2. The maximum absolute atomic E-state index is 12.9. The highest BCUT2D eigenvalue weighted by Gasteiger charge is 2.32. The summed E-state index contributed by atoms with van der Waals surface area (Å²) in [6, 6.07) is 4.46. The van der Waals surface area contributed by atoms with Crippen molar-refractivity contribution in [3.63, 3.8) is 0 Å². The molecule has 8 heteroatoms. The summed E-state index contributed by atoms with van der Waals surface area (Å²) in [5.41, 5.74) is 0. The molecule has 28 heavy (non-hydrogen) atoms. The Hall–Kier alpha value is -1.48. The van der Waals surface area contributed by atoms with Gasteiger partial charge in [0.1, 0.15) is 0 Å². The number of piperazine rings is 1. The van der Waals surface area contributed by atoms with Crippen molar-refractivity contribution in [2.24, 2.45) is 0 Å². The number of nitrogens with zero attached hydrogens (tertiary/aromatic N) is 4. The van der Waals surface area contributed by atoms with Crippen molar-refractivity contribution >= 4 is 23.2 Å². The van der Waals surface area contributed by atoms with E-state index in [1.54, 1.807) is 11.3 Å². The summed E-state index contributed by atoms with van der Waals surface area (Å²) in [7, 11) is 0. The minimum Gasteiger partial charge on any atom is -0.379 e. The lowest BCUT2D eigenvalue weighted by Crippen LogP contribution is -2.53. The zero-order valence-corrected chi connectivity index (χ0v) is 17.2. The maximum atomic E-state index is 12.9. The fourth-order valence-corrected chi connectivity index (χ4v) is 5.20. The molecule has 4 heterocycles. The Morgan fingerprint density at radius 3 is 2.39 bits per heavy atom. The lowest BCUT2D eigenvalue weighted by Gasteiger charge is -2.37. The van der Waals surface area contributed by atoms with Crippen molar-refractivity contribution in [1.29, 1.82) is 0 Å². The molecule has 0 saturated carbocycles. The number of rotatable bonds is 5. The van der Waals surface area contributed by atoms with E-state index in [0.717, 1.165) is 45.6 Å². The molecule has 2 amide bonds. The normalized spacial score (nSPS) is 24.6. The molecule has 1 aromatic heterocycles. The van der Waals surface area contributed by atoms with E-state index in [1.807, 2.05) is 4.90 Å². The average molecular weight is 407 g/mol. The summed E-state index contributed by atoms with van der Waals surface area (Å²) in [6.45, 7) is 7.89. The van der Waals surface area contributed by atoms with Gasteiger partial charge in [-0.2, -0.15) is 0 Å². The molecule has 3 fully saturated rings. The first-order valence-electron chi connectivity index (χ1n) is 10.3. The first kappa shape index (κ1) is 19.8. The van der Waals surface area contributed by atoms with Gasteiger partial charge in [0.2, 0.25) is 11.8 Å². The number of morpholine rings is 1. The van der Waals surface area contributed by atoms with E-state index in [9.17, 15) is 9.59 Å². The fraction of sp³-hybridized carbons (Fsp3) is 0.700. The average Bonchev–Trinajstić information content (AvgIpc) is 3.41. The highest BCUT2D eigenvalue weighted by Crippen LogP contribution is 2.34. The van der Waals surface area contributed by atoms with Crippen LogP contribution in [0, 0.1) is 0 Å². The molecule has 4 rings (SSSR count). The molecule has 0 spiro atoms. The van der Waals surface area contributed by atoms with Crippen LogP contribution >= 0.6 is 11.3 Å². The molecule has 3 aliphatic rings. The lowest BCUT2D eigenvalue weighted by molar-refractivity contribution is -0.136. The number of hydrogen-bond acceptors (Lipinski definition) is 6. The van der Waals surface area contributed by atoms with E-state index >= 15 is 0 Å². The Balaban J connectivity index is 1.23. The minimum atomic E-state index is 0.199. The molecule has 1 aromatic rings. The van der Waals surface area contributed by atoms with E-state index in [0.29, 0.717) is 39.4 Å². The molecule has 0 N–H and O–H groups in total. The van der Waals surface area contributed by atoms with Gasteiger partial charge in [-0.05, 0) is 24.3 Å². The predicted molar refractivity (Wildman–Crippen MR) is 108 cm³/mol. The zero-order valence-electron chi connectivity index (χ0n) is 16.4. The van der Waals surface area contributed by atoms with Gasteiger partial charge < -0.3 is 14.5 Å². The van der Waals surface area contributed by atoms with Crippen LogP contribution in [0.15, 0.2) is 17.5 Å². The van der Waals surface area contributed by atoms with Crippen LogP contribution in [-0.4, -0.2) is 104 Å². The maximum Gasteiger partial charge on any atom is 0.237 e. The van der Waals surface area contributed by atoms with Gasteiger partial charge in [-0.15, -0.1) is 11.3 Å². The Morgan fingerprint density at radius 1 is 0.964 bits per heavy atom. The van der Waals surface area contributed by atoms with E-state index < -0.39 is 0 Å². The summed E-state index contributed by atoms with van der Waals surface area (Å²) in [6.07, 6.45) is 2.15. The number of likely N-dealkylation sites (tertiary alicyclic amines) is 1. The molecule has 1 unspecified atom stereocenters. The van der Waals surface area contributed by atoms with Crippen LogP contribution in [0.5, 0.6) is 0 Å². The van der Waals surface area contributed by atoms with E-state index in [-0.39, 0.29) is 17.9 Å². The quantitative estimate of drug-likeness (QED) is 0.727. The number of thiophene rings is 1. The zero-order chi connectivity index (χ0) is 19.3. The number of ether oxygens (including phenoxy) is 1. The third-order valence-electron chi connectivity index (χ3n) is 5.99. The van der Waals surface area contributed by atoms with Gasteiger partial charge in [0.25, 0.3) is 0 Å². The monoisotopic (exact) mass is 406 g/mol. The summed E-state index contributed by atoms with van der Waals surface area (Å²) in [5, 5.41) is 2.09. The molecular formula is C20H30N4O3S. The summed E-state index contributed by atoms with van der Waals surface area (Å²) < 4.78 is 5.34.